The minimum absolute atomic E-state index is 0.221. The van der Waals surface area contributed by atoms with Crippen molar-refractivity contribution in [2.24, 2.45) is 5.92 Å². The molecule has 0 spiro atoms. The fourth-order valence-corrected chi connectivity index (χ4v) is 2.89. The van der Waals surface area contributed by atoms with E-state index in [9.17, 15) is 5.11 Å². The van der Waals surface area contributed by atoms with E-state index in [1.165, 1.54) is 5.56 Å². The number of rotatable bonds is 6. The topological polar surface area (TPSA) is 32.3 Å². The van der Waals surface area contributed by atoms with E-state index in [2.05, 4.69) is 48.1 Å². The van der Waals surface area contributed by atoms with Gasteiger partial charge in [-0.15, -0.1) is 0 Å². The van der Waals surface area contributed by atoms with E-state index in [1.54, 1.807) is 0 Å². The number of aliphatic hydroxyl groups is 1. The van der Waals surface area contributed by atoms with Gasteiger partial charge in [0, 0.05) is 17.1 Å². The van der Waals surface area contributed by atoms with E-state index < -0.39 is 5.60 Å². The molecule has 102 valence electrons. The molecular weight excluding hydrogens is 290 g/mol. The second kappa shape index (κ2) is 6.69. The van der Waals surface area contributed by atoms with Crippen LogP contribution in [0.5, 0.6) is 0 Å². The van der Waals surface area contributed by atoms with Gasteiger partial charge in [0.25, 0.3) is 0 Å². The third kappa shape index (κ3) is 5.09. The maximum atomic E-state index is 10.3. The number of halogens is 1. The molecule has 0 saturated heterocycles. The van der Waals surface area contributed by atoms with Gasteiger partial charge >= 0.3 is 0 Å². The third-order valence-corrected chi connectivity index (χ3v) is 3.73. The first-order valence-electron chi connectivity index (χ1n) is 6.52. The van der Waals surface area contributed by atoms with Gasteiger partial charge in [0.1, 0.15) is 0 Å². The molecule has 18 heavy (non-hydrogen) atoms. The Morgan fingerprint density at radius 3 is 2.44 bits per heavy atom. The van der Waals surface area contributed by atoms with Crippen LogP contribution in [-0.4, -0.2) is 17.3 Å². The van der Waals surface area contributed by atoms with E-state index in [-0.39, 0.29) is 6.04 Å². The third-order valence-electron chi connectivity index (χ3n) is 3.01. The summed E-state index contributed by atoms with van der Waals surface area (Å²) in [5, 5.41) is 13.7. The fraction of sp³-hybridized carbons (Fsp3) is 0.600. The summed E-state index contributed by atoms with van der Waals surface area (Å²) in [5.74, 6) is 0.501. The molecule has 2 unspecified atom stereocenters. The summed E-state index contributed by atoms with van der Waals surface area (Å²) in [6, 6.07) is 8.40. The highest BCUT2D eigenvalue weighted by Gasteiger charge is 2.22. The first-order chi connectivity index (χ1) is 8.32. The van der Waals surface area contributed by atoms with Crippen molar-refractivity contribution in [1.29, 1.82) is 0 Å². The van der Waals surface area contributed by atoms with Crippen molar-refractivity contribution < 1.29 is 5.11 Å². The van der Waals surface area contributed by atoms with Gasteiger partial charge in [0.05, 0.1) is 5.60 Å². The van der Waals surface area contributed by atoms with Crippen molar-refractivity contribution in [3.05, 3.63) is 34.3 Å². The predicted octanol–water partition coefficient (Wildman–Crippen LogP) is 3.90. The van der Waals surface area contributed by atoms with Crippen LogP contribution in [0.1, 0.15) is 45.7 Å². The number of hydrogen-bond acceptors (Lipinski definition) is 2. The van der Waals surface area contributed by atoms with Gasteiger partial charge in [-0.05, 0) is 37.8 Å². The van der Waals surface area contributed by atoms with Crippen molar-refractivity contribution >= 4 is 15.9 Å². The van der Waals surface area contributed by atoms with Crippen molar-refractivity contribution in [1.82, 2.24) is 5.32 Å². The van der Waals surface area contributed by atoms with Crippen molar-refractivity contribution in [3.63, 3.8) is 0 Å². The smallest absolute Gasteiger partial charge is 0.0746 e. The monoisotopic (exact) mass is 313 g/mol. The molecule has 0 aliphatic rings. The zero-order valence-electron chi connectivity index (χ0n) is 11.7. The Morgan fingerprint density at radius 1 is 1.28 bits per heavy atom. The summed E-state index contributed by atoms with van der Waals surface area (Å²) in [7, 11) is 0. The van der Waals surface area contributed by atoms with Gasteiger partial charge < -0.3 is 10.4 Å². The van der Waals surface area contributed by atoms with Crippen molar-refractivity contribution in [3.8, 4) is 0 Å². The van der Waals surface area contributed by atoms with Gasteiger partial charge in [-0.2, -0.15) is 0 Å². The maximum absolute atomic E-state index is 10.3. The fourth-order valence-electron chi connectivity index (χ4n) is 2.26. The Kier molecular flexibility index (Phi) is 5.83. The van der Waals surface area contributed by atoms with Crippen LogP contribution < -0.4 is 5.32 Å². The molecule has 0 fully saturated rings. The second-order valence-electron chi connectivity index (χ2n) is 5.72. The molecule has 0 aliphatic heterocycles. The summed E-state index contributed by atoms with van der Waals surface area (Å²) in [4.78, 5) is 0. The van der Waals surface area contributed by atoms with Crippen LogP contribution in [0.25, 0.3) is 0 Å². The lowest BCUT2D eigenvalue weighted by Crippen LogP contribution is -2.39. The molecule has 1 rings (SSSR count). The molecule has 3 heteroatoms. The van der Waals surface area contributed by atoms with E-state index in [0.29, 0.717) is 12.5 Å². The van der Waals surface area contributed by atoms with Gasteiger partial charge in [0.15, 0.2) is 0 Å². The summed E-state index contributed by atoms with van der Waals surface area (Å²) in [6.45, 7) is 8.88. The van der Waals surface area contributed by atoms with Crippen LogP contribution >= 0.6 is 15.9 Å². The second-order valence-corrected chi connectivity index (χ2v) is 6.57. The first kappa shape index (κ1) is 15.7. The summed E-state index contributed by atoms with van der Waals surface area (Å²) < 4.78 is 1.11. The zero-order valence-corrected chi connectivity index (χ0v) is 13.3. The van der Waals surface area contributed by atoms with Gasteiger partial charge in [-0.3, -0.25) is 0 Å². The van der Waals surface area contributed by atoms with Crippen LogP contribution in [0.2, 0.25) is 0 Å². The highest BCUT2D eigenvalue weighted by Crippen LogP contribution is 2.23. The Bertz CT molecular complexity index is 377. The maximum Gasteiger partial charge on any atom is 0.0746 e. The number of benzene rings is 1. The van der Waals surface area contributed by atoms with Crippen LogP contribution in [-0.2, 0) is 0 Å². The summed E-state index contributed by atoms with van der Waals surface area (Å²) in [6.07, 6.45) is 0.808. The highest BCUT2D eigenvalue weighted by atomic mass is 79.9. The molecule has 2 atom stereocenters. The van der Waals surface area contributed by atoms with E-state index in [1.807, 2.05) is 25.1 Å². The molecule has 0 radical (unpaired) electrons. The van der Waals surface area contributed by atoms with Crippen LogP contribution in [0.15, 0.2) is 28.7 Å². The Morgan fingerprint density at radius 2 is 1.89 bits per heavy atom. The largest absolute Gasteiger partial charge is 0.389 e. The molecule has 1 aromatic carbocycles. The molecule has 2 nitrogen and oxygen atoms in total. The SMILES string of the molecule is CC(C)CC(C)(O)CNC(C)c1ccccc1Br. The molecule has 0 aromatic heterocycles. The minimum Gasteiger partial charge on any atom is -0.389 e. The highest BCUT2D eigenvalue weighted by molar-refractivity contribution is 9.10. The normalized spacial score (nSPS) is 16.6. The molecule has 0 aliphatic carbocycles. The van der Waals surface area contributed by atoms with Gasteiger partial charge in [-0.1, -0.05) is 48.0 Å². The lowest BCUT2D eigenvalue weighted by molar-refractivity contribution is 0.0363. The Labute approximate surface area is 119 Å². The predicted molar refractivity (Wildman–Crippen MR) is 80.6 cm³/mol. The standard InChI is InChI=1S/C15H24BrNO/c1-11(2)9-15(4,18)10-17-12(3)13-7-5-6-8-14(13)16/h5-8,11-12,17-18H,9-10H2,1-4H3. The van der Waals surface area contributed by atoms with Gasteiger partial charge in [-0.25, -0.2) is 0 Å². The lowest BCUT2D eigenvalue weighted by Gasteiger charge is -2.28. The Balaban J connectivity index is 2.56. The average molecular weight is 314 g/mol. The summed E-state index contributed by atoms with van der Waals surface area (Å²) in [5.41, 5.74) is 0.571. The molecule has 0 saturated carbocycles. The summed E-state index contributed by atoms with van der Waals surface area (Å²) >= 11 is 3.56. The first-order valence-corrected chi connectivity index (χ1v) is 7.31. The van der Waals surface area contributed by atoms with Crippen molar-refractivity contribution in [2.75, 3.05) is 6.54 Å². The number of nitrogens with one attached hydrogen (secondary N) is 1. The van der Waals surface area contributed by atoms with E-state index in [4.69, 9.17) is 0 Å². The van der Waals surface area contributed by atoms with Crippen molar-refractivity contribution in [2.45, 2.75) is 45.8 Å². The van der Waals surface area contributed by atoms with Crippen LogP contribution in [0, 0.1) is 5.92 Å². The molecule has 0 bridgehead atoms. The zero-order chi connectivity index (χ0) is 13.8. The quantitative estimate of drug-likeness (QED) is 0.835. The molecule has 0 amide bonds. The number of hydrogen-bond donors (Lipinski definition) is 2. The molecule has 0 heterocycles. The van der Waals surface area contributed by atoms with Gasteiger partial charge in [0.2, 0.25) is 0 Å². The molecular formula is C15H24BrNO. The van der Waals surface area contributed by atoms with Crippen LogP contribution in [0.4, 0.5) is 0 Å². The minimum atomic E-state index is -0.649. The molecule has 2 N–H and O–H groups in total. The Hall–Kier alpha value is -0.380. The molecule has 1 aromatic rings. The lowest BCUT2D eigenvalue weighted by atomic mass is 9.94. The van der Waals surface area contributed by atoms with Crippen LogP contribution in [0.3, 0.4) is 0 Å². The average Bonchev–Trinajstić information content (AvgIpc) is 2.25. The van der Waals surface area contributed by atoms with E-state index in [0.717, 1.165) is 10.9 Å². The van der Waals surface area contributed by atoms with E-state index >= 15 is 0 Å².